The molecule has 0 aromatic heterocycles. The highest BCUT2D eigenvalue weighted by atomic mass is 14.9. The van der Waals surface area contributed by atoms with E-state index in [4.69, 9.17) is 5.73 Å². The maximum absolute atomic E-state index is 5.28. The Morgan fingerprint density at radius 2 is 2.12 bits per heavy atom. The zero-order valence-electron chi connectivity index (χ0n) is 5.65. The number of hydrogen-bond donors (Lipinski definition) is 1. The van der Waals surface area contributed by atoms with Crippen LogP contribution in [-0.2, 0) is 0 Å². The molecule has 0 amide bonds. The van der Waals surface area contributed by atoms with E-state index in [1.165, 1.54) is 0 Å². The molecule has 0 aromatic rings. The maximum Gasteiger partial charge on any atom is 0.0937 e. The minimum Gasteiger partial charge on any atom is -0.387 e. The fraction of sp³-hybridized carbons (Fsp3) is 0.833. The highest BCUT2D eigenvalue weighted by Gasteiger charge is 1.97. The Morgan fingerprint density at radius 1 is 1.50 bits per heavy atom. The Labute approximate surface area is 50.8 Å². The average Bonchev–Trinajstić information content (AvgIpc) is 2.24. The summed E-state index contributed by atoms with van der Waals surface area (Å²) in [5, 5.41) is 0. The largest absolute Gasteiger partial charge is 0.387 e. The van der Waals surface area contributed by atoms with Crippen molar-refractivity contribution in [2.75, 3.05) is 6.54 Å². The van der Waals surface area contributed by atoms with Gasteiger partial charge in [0.05, 0.1) is 5.84 Å². The third-order valence-electron chi connectivity index (χ3n) is 0.906. The Balaban J connectivity index is 0.000000222. The minimum absolute atomic E-state index is 0.829. The van der Waals surface area contributed by atoms with Crippen LogP contribution in [0.5, 0.6) is 0 Å². The van der Waals surface area contributed by atoms with Gasteiger partial charge >= 0.3 is 0 Å². The molecular formula is C6H14N2. The molecule has 0 aromatic carbocycles. The Hall–Kier alpha value is -0.530. The lowest BCUT2D eigenvalue weighted by Gasteiger charge is -1.78. The van der Waals surface area contributed by atoms with Gasteiger partial charge in [-0.2, -0.15) is 0 Å². The van der Waals surface area contributed by atoms with E-state index < -0.39 is 0 Å². The van der Waals surface area contributed by atoms with Crippen molar-refractivity contribution >= 4 is 5.84 Å². The summed E-state index contributed by atoms with van der Waals surface area (Å²) in [5.74, 6) is 0.829. The summed E-state index contributed by atoms with van der Waals surface area (Å²) in [7, 11) is 0. The molecule has 2 heteroatoms. The van der Waals surface area contributed by atoms with Gasteiger partial charge in [-0.3, -0.25) is 4.99 Å². The molecule has 0 atom stereocenters. The summed E-state index contributed by atoms with van der Waals surface area (Å²) in [5.41, 5.74) is 5.28. The van der Waals surface area contributed by atoms with Crippen LogP contribution < -0.4 is 5.73 Å². The summed E-state index contributed by atoms with van der Waals surface area (Å²) >= 11 is 0. The molecule has 0 unspecified atom stereocenters. The molecule has 0 radical (unpaired) electrons. The summed E-state index contributed by atoms with van der Waals surface area (Å²) in [6.45, 7) is 4.95. The molecule has 2 N–H and O–H groups in total. The number of aliphatic imine (C=N–C) groups is 1. The van der Waals surface area contributed by atoms with E-state index in [9.17, 15) is 0 Å². The van der Waals surface area contributed by atoms with Crippen LogP contribution in [-0.4, -0.2) is 12.4 Å². The van der Waals surface area contributed by atoms with Gasteiger partial charge in [-0.1, -0.05) is 13.8 Å². The monoisotopic (exact) mass is 114 g/mol. The molecule has 0 bridgehead atoms. The summed E-state index contributed by atoms with van der Waals surface area (Å²) in [6, 6.07) is 0. The molecule has 8 heavy (non-hydrogen) atoms. The fourth-order valence-electron chi connectivity index (χ4n) is 0.562. The van der Waals surface area contributed by atoms with Crippen molar-refractivity contribution in [3.05, 3.63) is 0 Å². The van der Waals surface area contributed by atoms with Crippen LogP contribution in [0.4, 0.5) is 0 Å². The summed E-state index contributed by atoms with van der Waals surface area (Å²) < 4.78 is 0. The molecular weight excluding hydrogens is 100 g/mol. The molecule has 2 nitrogen and oxygen atoms in total. The quantitative estimate of drug-likeness (QED) is 0.504. The van der Waals surface area contributed by atoms with Crippen LogP contribution in [0, 0.1) is 0 Å². The number of amidine groups is 1. The minimum atomic E-state index is 0.829. The van der Waals surface area contributed by atoms with Gasteiger partial charge in [0, 0.05) is 13.0 Å². The van der Waals surface area contributed by atoms with E-state index in [-0.39, 0.29) is 0 Å². The predicted molar refractivity (Wildman–Crippen MR) is 37.1 cm³/mol. The smallest absolute Gasteiger partial charge is 0.0937 e. The second-order valence-electron chi connectivity index (χ2n) is 1.48. The lowest BCUT2D eigenvalue weighted by Crippen LogP contribution is -2.05. The molecule has 48 valence electrons. The van der Waals surface area contributed by atoms with Gasteiger partial charge in [0.25, 0.3) is 0 Å². The average molecular weight is 114 g/mol. The van der Waals surface area contributed by atoms with Crippen LogP contribution in [0.3, 0.4) is 0 Å². The fourth-order valence-corrected chi connectivity index (χ4v) is 0.562. The molecule has 0 aliphatic carbocycles. The lowest BCUT2D eigenvalue weighted by atomic mass is 10.3. The predicted octanol–water partition coefficient (Wildman–Crippen LogP) is 1.16. The van der Waals surface area contributed by atoms with Gasteiger partial charge in [-0.15, -0.1) is 0 Å². The third-order valence-corrected chi connectivity index (χ3v) is 0.906. The second kappa shape index (κ2) is 4.62. The van der Waals surface area contributed by atoms with Gasteiger partial charge in [-0.25, -0.2) is 0 Å². The Morgan fingerprint density at radius 3 is 2.25 bits per heavy atom. The lowest BCUT2D eigenvalue weighted by molar-refractivity contribution is 0.950. The summed E-state index contributed by atoms with van der Waals surface area (Å²) in [4.78, 5) is 3.93. The van der Waals surface area contributed by atoms with Crippen molar-refractivity contribution in [3.8, 4) is 0 Å². The third kappa shape index (κ3) is 2.61. The topological polar surface area (TPSA) is 38.4 Å². The highest BCUT2D eigenvalue weighted by Crippen LogP contribution is 1.97. The van der Waals surface area contributed by atoms with E-state index in [1.54, 1.807) is 0 Å². The van der Waals surface area contributed by atoms with Crippen LogP contribution >= 0.6 is 0 Å². The van der Waals surface area contributed by atoms with Crippen LogP contribution in [0.1, 0.15) is 26.7 Å². The molecule has 1 heterocycles. The normalized spacial score (nSPS) is 16.5. The van der Waals surface area contributed by atoms with Crippen molar-refractivity contribution in [3.63, 3.8) is 0 Å². The van der Waals surface area contributed by atoms with E-state index in [1.807, 2.05) is 13.8 Å². The summed E-state index contributed by atoms with van der Waals surface area (Å²) in [6.07, 6.45) is 2.17. The maximum atomic E-state index is 5.28. The molecule has 1 aliphatic heterocycles. The Kier molecular flexibility index (Phi) is 4.32. The molecule has 0 saturated heterocycles. The second-order valence-corrected chi connectivity index (χ2v) is 1.48. The number of rotatable bonds is 0. The van der Waals surface area contributed by atoms with Gasteiger partial charge in [0.15, 0.2) is 0 Å². The first kappa shape index (κ1) is 7.47. The van der Waals surface area contributed by atoms with Crippen molar-refractivity contribution in [2.45, 2.75) is 26.7 Å². The molecule has 1 aliphatic rings. The van der Waals surface area contributed by atoms with Crippen LogP contribution in [0.2, 0.25) is 0 Å². The van der Waals surface area contributed by atoms with Crippen LogP contribution in [0.25, 0.3) is 0 Å². The number of nitrogens with two attached hydrogens (primary N) is 1. The highest BCUT2D eigenvalue weighted by molar-refractivity contribution is 5.81. The zero-order chi connectivity index (χ0) is 6.41. The molecule has 0 spiro atoms. The van der Waals surface area contributed by atoms with Gasteiger partial charge < -0.3 is 5.73 Å². The number of nitrogens with zero attached hydrogens (tertiary/aromatic N) is 1. The van der Waals surface area contributed by atoms with Crippen molar-refractivity contribution in [1.82, 2.24) is 0 Å². The molecule has 0 saturated carbocycles. The van der Waals surface area contributed by atoms with Gasteiger partial charge in [-0.05, 0) is 6.42 Å². The van der Waals surface area contributed by atoms with E-state index in [0.29, 0.717) is 0 Å². The first-order valence-corrected chi connectivity index (χ1v) is 3.18. The molecule has 1 rings (SSSR count). The van der Waals surface area contributed by atoms with Gasteiger partial charge in [0.2, 0.25) is 0 Å². The zero-order valence-corrected chi connectivity index (χ0v) is 5.65. The number of hydrogen-bond acceptors (Lipinski definition) is 2. The first-order valence-electron chi connectivity index (χ1n) is 3.18. The standard InChI is InChI=1S/C4H8N2.C2H6/c5-4-2-1-3-6-4;1-2/h1-3H2,(H2,5,6);1-2H3. The SMILES string of the molecule is CC.NC1=NCCC1. The van der Waals surface area contributed by atoms with Crippen molar-refractivity contribution in [2.24, 2.45) is 10.7 Å². The van der Waals surface area contributed by atoms with E-state index >= 15 is 0 Å². The van der Waals surface area contributed by atoms with E-state index in [2.05, 4.69) is 4.99 Å². The van der Waals surface area contributed by atoms with E-state index in [0.717, 1.165) is 25.2 Å². The first-order chi connectivity index (χ1) is 3.89. The molecule has 0 fully saturated rings. The Bertz CT molecular complexity index is 76.6. The van der Waals surface area contributed by atoms with Crippen molar-refractivity contribution in [1.29, 1.82) is 0 Å². The van der Waals surface area contributed by atoms with Crippen LogP contribution in [0.15, 0.2) is 4.99 Å². The van der Waals surface area contributed by atoms with Gasteiger partial charge in [0.1, 0.15) is 0 Å². The van der Waals surface area contributed by atoms with Crippen molar-refractivity contribution < 1.29 is 0 Å².